The second-order valence-electron chi connectivity index (χ2n) is 18.1. The van der Waals surface area contributed by atoms with Crippen molar-refractivity contribution >= 4 is 0 Å². The second kappa shape index (κ2) is 10.7. The summed E-state index contributed by atoms with van der Waals surface area (Å²) in [5.74, 6) is 5.45. The molecule has 5 aliphatic carbocycles. The normalized spacial score (nSPS) is 53.4. The fourth-order valence-corrected chi connectivity index (χ4v) is 14.1. The number of aliphatic hydroxyl groups is 3. The smallest absolute Gasteiger partial charge is 0.115 e. The van der Waals surface area contributed by atoms with Crippen molar-refractivity contribution in [3.8, 4) is 5.75 Å². The molecule has 2 heterocycles. The van der Waals surface area contributed by atoms with E-state index in [1.165, 1.54) is 37.8 Å². The Kier molecular flexibility index (Phi) is 7.34. The Morgan fingerprint density at radius 1 is 0.864 bits per heavy atom. The molecule has 5 heteroatoms. The maximum atomic E-state index is 12.1. The van der Waals surface area contributed by atoms with Crippen LogP contribution >= 0.6 is 0 Å². The minimum Gasteiger partial charge on any atom is -0.508 e. The fourth-order valence-electron chi connectivity index (χ4n) is 14.1. The summed E-state index contributed by atoms with van der Waals surface area (Å²) in [5, 5.41) is 45.6. The van der Waals surface area contributed by atoms with Crippen molar-refractivity contribution in [1.29, 1.82) is 0 Å². The maximum absolute atomic E-state index is 12.1. The van der Waals surface area contributed by atoms with E-state index in [9.17, 15) is 20.4 Å². The van der Waals surface area contributed by atoms with Crippen molar-refractivity contribution in [2.75, 3.05) is 13.1 Å². The highest BCUT2D eigenvalue weighted by molar-refractivity contribution is 5.27. The van der Waals surface area contributed by atoms with E-state index in [2.05, 4.69) is 31.7 Å². The molecule has 15 unspecified atom stereocenters. The van der Waals surface area contributed by atoms with Crippen LogP contribution in [0.1, 0.15) is 103 Å². The molecule has 0 amide bonds. The number of aryl methyl sites for hydroxylation is 1. The average molecular weight is 606 g/mol. The van der Waals surface area contributed by atoms with Crippen LogP contribution in [0.25, 0.3) is 0 Å². The third-order valence-electron chi connectivity index (χ3n) is 15.9. The van der Waals surface area contributed by atoms with Gasteiger partial charge >= 0.3 is 0 Å². The molecule has 4 N–H and O–H groups in total. The van der Waals surface area contributed by atoms with Crippen molar-refractivity contribution in [3.05, 3.63) is 29.8 Å². The van der Waals surface area contributed by atoms with Crippen LogP contribution in [0.2, 0.25) is 0 Å². The Bertz CT molecular complexity index is 1230. The van der Waals surface area contributed by atoms with E-state index >= 15 is 0 Å². The first-order valence-electron chi connectivity index (χ1n) is 18.6. The van der Waals surface area contributed by atoms with E-state index in [0.29, 0.717) is 53.2 Å². The number of piperidine rings is 2. The molecule has 7 fully saturated rings. The summed E-state index contributed by atoms with van der Waals surface area (Å²) in [5.41, 5.74) is 0.676. The minimum absolute atomic E-state index is 0.0156. The first kappa shape index (κ1) is 30.2. The number of fused-ring (bicyclic) bond motifs is 8. The molecule has 0 aromatic heterocycles. The quantitative estimate of drug-likeness (QED) is 0.320. The number of aliphatic hydroxyl groups excluding tert-OH is 2. The standard InChI is InChI=1S/C39H59NO4/c1-23-7-12-35-38(3,44)31-11-10-27-28(30(31)21-40(35)20-23)16-32-29(27)17-34(42)33-18-36(43)39(22-37(32,33)2)14-13-25(19-39)9-8-24-5-4-6-26(41)15-24/h4-6,15,23,25,27-36,41-44H,7-14,16-22H2,1-3H3. The van der Waals surface area contributed by atoms with Crippen LogP contribution in [-0.2, 0) is 6.42 Å². The number of phenols is 1. The zero-order chi connectivity index (χ0) is 30.6. The van der Waals surface area contributed by atoms with Crippen LogP contribution in [0, 0.1) is 64.1 Å². The third-order valence-corrected chi connectivity index (χ3v) is 15.9. The topological polar surface area (TPSA) is 84.2 Å². The van der Waals surface area contributed by atoms with Gasteiger partial charge in [0, 0.05) is 19.1 Å². The Labute approximate surface area is 265 Å². The van der Waals surface area contributed by atoms with E-state index in [1.807, 2.05) is 12.1 Å². The molecule has 1 aromatic rings. The van der Waals surface area contributed by atoms with Gasteiger partial charge in [0.25, 0.3) is 0 Å². The van der Waals surface area contributed by atoms with Gasteiger partial charge < -0.3 is 20.4 Å². The van der Waals surface area contributed by atoms with Crippen LogP contribution in [0.5, 0.6) is 5.75 Å². The van der Waals surface area contributed by atoms with Crippen LogP contribution < -0.4 is 0 Å². The molecule has 8 rings (SSSR count). The molecule has 15 atom stereocenters. The van der Waals surface area contributed by atoms with Crippen LogP contribution in [0.3, 0.4) is 0 Å². The van der Waals surface area contributed by atoms with Crippen molar-refractivity contribution in [2.24, 2.45) is 64.1 Å². The first-order chi connectivity index (χ1) is 21.0. The second-order valence-corrected chi connectivity index (χ2v) is 18.1. The summed E-state index contributed by atoms with van der Waals surface area (Å²) in [6.07, 6.45) is 13.7. The van der Waals surface area contributed by atoms with Crippen molar-refractivity contribution in [1.82, 2.24) is 4.90 Å². The Morgan fingerprint density at radius 2 is 1.70 bits per heavy atom. The predicted molar refractivity (Wildman–Crippen MR) is 173 cm³/mol. The summed E-state index contributed by atoms with van der Waals surface area (Å²) < 4.78 is 0. The molecule has 7 aliphatic rings. The molecule has 2 saturated heterocycles. The van der Waals surface area contributed by atoms with Gasteiger partial charge in [0.1, 0.15) is 5.75 Å². The van der Waals surface area contributed by atoms with Gasteiger partial charge in [-0.25, -0.2) is 0 Å². The molecule has 0 bridgehead atoms. The lowest BCUT2D eigenvalue weighted by atomic mass is 9.46. The number of aromatic hydroxyl groups is 1. The molecule has 44 heavy (non-hydrogen) atoms. The highest BCUT2D eigenvalue weighted by Gasteiger charge is 2.67. The van der Waals surface area contributed by atoms with Crippen molar-refractivity contribution in [3.63, 3.8) is 0 Å². The molecule has 244 valence electrons. The van der Waals surface area contributed by atoms with Crippen LogP contribution in [-0.4, -0.2) is 62.3 Å². The summed E-state index contributed by atoms with van der Waals surface area (Å²) >= 11 is 0. The SMILES string of the molecule is CC1CCC2N(C1)CC1C3CC4C(CC(O)C5CC(O)C6(CCC(CCc7cccc(O)c7)C6)CC54C)C3CCC1C2(C)O. The Balaban J connectivity index is 1.03. The van der Waals surface area contributed by atoms with E-state index in [1.54, 1.807) is 6.07 Å². The van der Waals surface area contributed by atoms with Gasteiger partial charge in [-0.15, -0.1) is 0 Å². The van der Waals surface area contributed by atoms with Crippen molar-refractivity contribution in [2.45, 2.75) is 128 Å². The highest BCUT2D eigenvalue weighted by atomic mass is 16.3. The summed E-state index contributed by atoms with van der Waals surface area (Å²) in [6, 6.07) is 8.04. The number of hydrogen-bond acceptors (Lipinski definition) is 5. The van der Waals surface area contributed by atoms with E-state index in [0.717, 1.165) is 70.3 Å². The average Bonchev–Trinajstić information content (AvgIpc) is 3.56. The number of rotatable bonds is 3. The molecule has 1 aromatic carbocycles. The lowest BCUT2D eigenvalue weighted by Crippen LogP contribution is -2.67. The molecular weight excluding hydrogens is 546 g/mol. The number of nitrogens with zero attached hydrogens (tertiary/aromatic N) is 1. The van der Waals surface area contributed by atoms with E-state index in [4.69, 9.17) is 0 Å². The van der Waals surface area contributed by atoms with Gasteiger partial charge in [-0.2, -0.15) is 0 Å². The van der Waals surface area contributed by atoms with E-state index in [-0.39, 0.29) is 29.0 Å². The highest BCUT2D eigenvalue weighted by Crippen LogP contribution is 2.70. The predicted octanol–water partition coefficient (Wildman–Crippen LogP) is 6.41. The van der Waals surface area contributed by atoms with Crippen LogP contribution in [0.4, 0.5) is 0 Å². The van der Waals surface area contributed by atoms with Gasteiger partial charge in [-0.1, -0.05) is 26.0 Å². The lowest BCUT2D eigenvalue weighted by Gasteiger charge is -2.60. The molecule has 5 saturated carbocycles. The number of phenolic OH excluding ortho intramolecular Hbond substituents is 1. The summed E-state index contributed by atoms with van der Waals surface area (Å²) in [6.45, 7) is 9.42. The third kappa shape index (κ3) is 4.60. The van der Waals surface area contributed by atoms with Gasteiger partial charge in [0.15, 0.2) is 0 Å². The van der Waals surface area contributed by atoms with Gasteiger partial charge in [0.05, 0.1) is 17.8 Å². The lowest BCUT2D eigenvalue weighted by molar-refractivity contribution is -0.180. The monoisotopic (exact) mass is 605 g/mol. The zero-order valence-corrected chi connectivity index (χ0v) is 27.6. The molecule has 1 spiro atoms. The zero-order valence-electron chi connectivity index (χ0n) is 27.6. The minimum atomic E-state index is -0.593. The summed E-state index contributed by atoms with van der Waals surface area (Å²) in [7, 11) is 0. The molecular formula is C39H59NO4. The van der Waals surface area contributed by atoms with Gasteiger partial charge in [-0.05, 0) is 172 Å². The largest absolute Gasteiger partial charge is 0.508 e. The fraction of sp³-hybridized carbons (Fsp3) is 0.846. The van der Waals surface area contributed by atoms with Gasteiger partial charge in [0.2, 0.25) is 0 Å². The summed E-state index contributed by atoms with van der Waals surface area (Å²) in [4.78, 5) is 2.69. The number of benzene rings is 1. The molecule has 5 nitrogen and oxygen atoms in total. The van der Waals surface area contributed by atoms with E-state index < -0.39 is 5.60 Å². The Morgan fingerprint density at radius 3 is 2.52 bits per heavy atom. The van der Waals surface area contributed by atoms with Crippen LogP contribution in [0.15, 0.2) is 24.3 Å². The van der Waals surface area contributed by atoms with Crippen molar-refractivity contribution < 1.29 is 20.4 Å². The molecule has 0 radical (unpaired) electrons. The first-order valence-corrected chi connectivity index (χ1v) is 18.6. The molecule has 2 aliphatic heterocycles. The van der Waals surface area contributed by atoms with Gasteiger partial charge in [-0.3, -0.25) is 4.90 Å². The Hall–Kier alpha value is -1.14. The maximum Gasteiger partial charge on any atom is 0.115 e. The number of hydrogen-bond donors (Lipinski definition) is 4.